The summed E-state index contributed by atoms with van der Waals surface area (Å²) in [6, 6.07) is 2.78. The van der Waals surface area contributed by atoms with E-state index in [0.717, 1.165) is 0 Å². The molecule has 2 rings (SSSR count). The van der Waals surface area contributed by atoms with E-state index < -0.39 is 18.7 Å². The molecule has 1 amide bonds. The van der Waals surface area contributed by atoms with Crippen molar-refractivity contribution >= 4 is 17.7 Å². The van der Waals surface area contributed by atoms with Gasteiger partial charge in [0.25, 0.3) is 5.91 Å². The van der Waals surface area contributed by atoms with Crippen LogP contribution >= 0.6 is 11.8 Å². The van der Waals surface area contributed by atoms with E-state index in [0.29, 0.717) is 13.1 Å². The Morgan fingerprint density at radius 2 is 2.05 bits per heavy atom. The van der Waals surface area contributed by atoms with Crippen molar-refractivity contribution in [2.75, 3.05) is 19.7 Å². The maximum atomic E-state index is 12.5. The van der Waals surface area contributed by atoms with Gasteiger partial charge in [-0.1, -0.05) is 13.8 Å². The van der Waals surface area contributed by atoms with Gasteiger partial charge in [-0.15, -0.1) is 0 Å². The van der Waals surface area contributed by atoms with E-state index in [9.17, 15) is 18.0 Å². The summed E-state index contributed by atoms with van der Waals surface area (Å²) < 4.78 is 41.6. The lowest BCUT2D eigenvalue weighted by atomic mass is 10.2. The van der Waals surface area contributed by atoms with Gasteiger partial charge in [-0.25, -0.2) is 4.98 Å². The highest BCUT2D eigenvalue weighted by Crippen LogP contribution is 2.27. The monoisotopic (exact) mass is 334 g/mol. The number of carbonyl (C=O) groups is 1. The Morgan fingerprint density at radius 1 is 1.41 bits per heavy atom. The predicted molar refractivity (Wildman–Crippen MR) is 78.2 cm³/mol. The summed E-state index contributed by atoms with van der Waals surface area (Å²) in [5, 5.41) is 0.548. The van der Waals surface area contributed by atoms with Gasteiger partial charge in [-0.2, -0.15) is 24.9 Å². The maximum Gasteiger partial charge on any atom is 0.422 e. The molecule has 0 bridgehead atoms. The molecule has 4 nitrogen and oxygen atoms in total. The second-order valence-corrected chi connectivity index (χ2v) is 7.10. The fourth-order valence-corrected chi connectivity index (χ4v) is 3.65. The Morgan fingerprint density at radius 3 is 2.64 bits per heavy atom. The smallest absolute Gasteiger partial charge is 0.422 e. The van der Waals surface area contributed by atoms with Crippen LogP contribution in [0.15, 0.2) is 18.3 Å². The number of rotatable bonds is 3. The van der Waals surface area contributed by atoms with Crippen molar-refractivity contribution in [2.24, 2.45) is 0 Å². The molecule has 122 valence electrons. The molecule has 1 aliphatic rings. The van der Waals surface area contributed by atoms with Crippen LogP contribution in [0, 0.1) is 0 Å². The van der Waals surface area contributed by atoms with Gasteiger partial charge in [-0.3, -0.25) is 4.79 Å². The highest BCUT2D eigenvalue weighted by Gasteiger charge is 2.31. The van der Waals surface area contributed by atoms with Gasteiger partial charge < -0.3 is 9.64 Å². The second kappa shape index (κ2) is 6.76. The number of alkyl halides is 3. The average molecular weight is 334 g/mol. The Balaban J connectivity index is 2.15. The maximum absolute atomic E-state index is 12.5. The molecule has 1 aromatic rings. The van der Waals surface area contributed by atoms with Crippen molar-refractivity contribution in [3.63, 3.8) is 0 Å². The lowest BCUT2D eigenvalue weighted by Gasteiger charge is -2.34. The molecular formula is C14H17F3N2O2S. The number of aromatic nitrogens is 1. The second-order valence-electron chi connectivity index (χ2n) is 5.22. The Hall–Kier alpha value is -1.44. The van der Waals surface area contributed by atoms with Gasteiger partial charge >= 0.3 is 6.18 Å². The minimum atomic E-state index is -4.46. The summed E-state index contributed by atoms with van der Waals surface area (Å²) in [7, 11) is 0. The molecule has 0 saturated carbocycles. The van der Waals surface area contributed by atoms with Crippen molar-refractivity contribution in [1.82, 2.24) is 9.88 Å². The number of thioether (sulfide) groups is 1. The van der Waals surface area contributed by atoms with Crippen LogP contribution < -0.4 is 4.74 Å². The quantitative estimate of drug-likeness (QED) is 0.852. The minimum absolute atomic E-state index is 0.0712. The highest BCUT2D eigenvalue weighted by atomic mass is 32.2. The normalized spacial score (nSPS) is 22.5. The van der Waals surface area contributed by atoms with E-state index >= 15 is 0 Å². The van der Waals surface area contributed by atoms with Crippen molar-refractivity contribution < 1.29 is 22.7 Å². The van der Waals surface area contributed by atoms with Crippen molar-refractivity contribution in [3.8, 4) is 5.75 Å². The molecule has 1 aliphatic heterocycles. The number of hydrogen-bond donors (Lipinski definition) is 0. The summed E-state index contributed by atoms with van der Waals surface area (Å²) in [5.74, 6) is -0.528. The van der Waals surface area contributed by atoms with Crippen LogP contribution in [0.25, 0.3) is 0 Å². The summed E-state index contributed by atoms with van der Waals surface area (Å²) >= 11 is 1.78. The number of halogens is 3. The molecule has 0 radical (unpaired) electrons. The minimum Gasteiger partial charge on any atom is -0.482 e. The summed E-state index contributed by atoms with van der Waals surface area (Å²) in [6.07, 6.45) is -3.08. The lowest BCUT2D eigenvalue weighted by Crippen LogP contribution is -2.44. The molecule has 1 aromatic heterocycles. The number of hydrogen-bond acceptors (Lipinski definition) is 4. The van der Waals surface area contributed by atoms with Gasteiger partial charge in [-0.05, 0) is 12.1 Å². The molecule has 8 heteroatoms. The molecule has 2 atom stereocenters. The van der Waals surface area contributed by atoms with Gasteiger partial charge in [0.15, 0.2) is 18.1 Å². The molecule has 0 N–H and O–H groups in total. The van der Waals surface area contributed by atoms with Gasteiger partial charge in [0.2, 0.25) is 0 Å². The highest BCUT2D eigenvalue weighted by molar-refractivity contribution is 8.00. The van der Waals surface area contributed by atoms with Gasteiger partial charge in [0.1, 0.15) is 0 Å². The SMILES string of the molecule is C[C@@H]1CN(C(=O)c2ncccc2OCC(F)(F)F)C[C@H](C)S1. The lowest BCUT2D eigenvalue weighted by molar-refractivity contribution is -0.153. The van der Waals surface area contributed by atoms with Crippen molar-refractivity contribution in [1.29, 1.82) is 0 Å². The van der Waals surface area contributed by atoms with Crippen LogP contribution in [0.5, 0.6) is 5.75 Å². The third kappa shape index (κ3) is 4.53. The van der Waals surface area contributed by atoms with Crippen molar-refractivity contribution in [2.45, 2.75) is 30.5 Å². The molecule has 1 saturated heterocycles. The van der Waals surface area contributed by atoms with Crippen molar-refractivity contribution in [3.05, 3.63) is 24.0 Å². The van der Waals surface area contributed by atoms with E-state index in [4.69, 9.17) is 4.74 Å². The molecule has 0 unspecified atom stereocenters. The molecule has 22 heavy (non-hydrogen) atoms. The fraction of sp³-hybridized carbons (Fsp3) is 0.571. The molecule has 0 aliphatic carbocycles. The third-order valence-corrected chi connectivity index (χ3v) is 4.30. The first-order valence-electron chi connectivity index (χ1n) is 6.85. The Labute approximate surface area is 131 Å². The zero-order valence-electron chi connectivity index (χ0n) is 12.3. The van der Waals surface area contributed by atoms with Crippen LogP contribution in [-0.4, -0.2) is 52.2 Å². The zero-order valence-corrected chi connectivity index (χ0v) is 13.1. The van der Waals surface area contributed by atoms with E-state index in [-0.39, 0.29) is 21.9 Å². The van der Waals surface area contributed by atoms with Crippen LogP contribution in [0.4, 0.5) is 13.2 Å². The number of nitrogens with zero attached hydrogens (tertiary/aromatic N) is 2. The largest absolute Gasteiger partial charge is 0.482 e. The molecule has 0 aromatic carbocycles. The molecular weight excluding hydrogens is 317 g/mol. The number of pyridine rings is 1. The number of ether oxygens (including phenoxy) is 1. The standard InChI is InChI=1S/C14H17F3N2O2S/c1-9-6-19(7-10(2)22-9)13(20)12-11(4-3-5-18-12)21-8-14(15,16)17/h3-5,9-10H,6-8H2,1-2H3/t9-,10+. The van der Waals surface area contributed by atoms with Crippen LogP contribution in [0.3, 0.4) is 0 Å². The Bertz CT molecular complexity index is 529. The first-order chi connectivity index (χ1) is 10.3. The predicted octanol–water partition coefficient (Wildman–Crippen LogP) is 2.99. The van der Waals surface area contributed by atoms with Gasteiger partial charge in [0.05, 0.1) is 0 Å². The number of carbonyl (C=O) groups excluding carboxylic acids is 1. The summed E-state index contributed by atoms with van der Waals surface area (Å²) in [4.78, 5) is 18.1. The van der Waals surface area contributed by atoms with E-state index in [1.54, 1.807) is 16.7 Å². The number of amides is 1. The third-order valence-electron chi connectivity index (χ3n) is 3.07. The van der Waals surface area contributed by atoms with Crippen LogP contribution in [0.2, 0.25) is 0 Å². The molecule has 2 heterocycles. The fourth-order valence-electron chi connectivity index (χ4n) is 2.32. The zero-order chi connectivity index (χ0) is 16.3. The van der Waals surface area contributed by atoms with E-state index in [1.807, 2.05) is 13.8 Å². The van der Waals surface area contributed by atoms with E-state index in [2.05, 4.69) is 4.98 Å². The summed E-state index contributed by atoms with van der Waals surface area (Å²) in [5.41, 5.74) is -0.0712. The van der Waals surface area contributed by atoms with Crippen LogP contribution in [0.1, 0.15) is 24.3 Å². The van der Waals surface area contributed by atoms with Crippen LogP contribution in [-0.2, 0) is 0 Å². The Kier molecular flexibility index (Phi) is 5.20. The topological polar surface area (TPSA) is 42.4 Å². The first kappa shape index (κ1) is 16.9. The molecule has 0 spiro atoms. The first-order valence-corrected chi connectivity index (χ1v) is 7.80. The average Bonchev–Trinajstić information content (AvgIpc) is 2.43. The summed E-state index contributed by atoms with van der Waals surface area (Å²) in [6.45, 7) is 3.67. The van der Waals surface area contributed by atoms with Gasteiger partial charge in [0, 0.05) is 29.8 Å². The molecule has 1 fully saturated rings. The van der Waals surface area contributed by atoms with E-state index in [1.165, 1.54) is 18.3 Å².